The summed E-state index contributed by atoms with van der Waals surface area (Å²) in [6.45, 7) is 0. The predicted molar refractivity (Wildman–Crippen MR) is 72.8 cm³/mol. The molecule has 7 heteroatoms. The van der Waals surface area contributed by atoms with Crippen LogP contribution in [0.4, 0.5) is 10.1 Å². The number of carboxylic acids is 1. The van der Waals surface area contributed by atoms with Crippen molar-refractivity contribution in [2.75, 3.05) is 5.73 Å². The summed E-state index contributed by atoms with van der Waals surface area (Å²) in [5.41, 5.74) is 10.2. The summed E-state index contributed by atoms with van der Waals surface area (Å²) in [7, 11) is 0. The number of anilines is 1. The number of ether oxygens (including phenoxy) is 1. The summed E-state index contributed by atoms with van der Waals surface area (Å²) < 4.78 is 19.0. The van der Waals surface area contributed by atoms with Crippen molar-refractivity contribution >= 4 is 17.6 Å². The maximum atomic E-state index is 13.7. The lowest BCUT2D eigenvalue weighted by molar-refractivity contribution is 0.0697. The second-order valence-corrected chi connectivity index (χ2v) is 4.17. The Balaban J connectivity index is 2.39. The van der Waals surface area contributed by atoms with Crippen LogP contribution in [-0.4, -0.2) is 17.0 Å². The summed E-state index contributed by atoms with van der Waals surface area (Å²) in [4.78, 5) is 22.0. The number of rotatable bonds is 4. The van der Waals surface area contributed by atoms with Gasteiger partial charge in [0.1, 0.15) is 5.75 Å². The zero-order valence-electron chi connectivity index (χ0n) is 10.7. The molecular formula is C14H11FN2O4. The van der Waals surface area contributed by atoms with Crippen molar-refractivity contribution < 1.29 is 23.8 Å². The van der Waals surface area contributed by atoms with Crippen LogP contribution in [0.1, 0.15) is 20.7 Å². The highest BCUT2D eigenvalue weighted by atomic mass is 19.1. The molecule has 0 saturated heterocycles. The van der Waals surface area contributed by atoms with E-state index in [1.807, 2.05) is 0 Å². The third-order valence-electron chi connectivity index (χ3n) is 2.68. The zero-order valence-corrected chi connectivity index (χ0v) is 10.7. The number of nitrogens with two attached hydrogens (primary N) is 2. The Morgan fingerprint density at radius 1 is 1.19 bits per heavy atom. The number of primary amides is 1. The molecule has 5 N–H and O–H groups in total. The first kappa shape index (κ1) is 14.3. The number of benzene rings is 2. The van der Waals surface area contributed by atoms with Crippen molar-refractivity contribution in [3.63, 3.8) is 0 Å². The lowest BCUT2D eigenvalue weighted by atomic mass is 10.1. The minimum Gasteiger partial charge on any atom is -0.478 e. The molecule has 0 fully saturated rings. The summed E-state index contributed by atoms with van der Waals surface area (Å²) in [6, 6.07) is 7.60. The van der Waals surface area contributed by atoms with Crippen LogP contribution in [0.5, 0.6) is 11.5 Å². The maximum Gasteiger partial charge on any atom is 0.337 e. The molecule has 0 radical (unpaired) electrons. The van der Waals surface area contributed by atoms with Crippen LogP contribution in [0.25, 0.3) is 0 Å². The third-order valence-corrected chi connectivity index (χ3v) is 2.68. The molecule has 21 heavy (non-hydrogen) atoms. The van der Waals surface area contributed by atoms with E-state index in [2.05, 4.69) is 0 Å². The standard InChI is InChI=1S/C14H11FN2O4/c15-10-6-11(16)9(14(19)20)5-12(10)21-8-3-1-2-7(4-8)13(17)18/h1-6H,16H2,(H2,17,18)(H,19,20). The lowest BCUT2D eigenvalue weighted by Gasteiger charge is -2.10. The Bertz CT molecular complexity index is 731. The fraction of sp³-hybridized carbons (Fsp3) is 0. The molecule has 2 aromatic rings. The number of hydrogen-bond donors (Lipinski definition) is 3. The van der Waals surface area contributed by atoms with Crippen LogP contribution in [0.2, 0.25) is 0 Å². The molecule has 0 saturated carbocycles. The number of carbonyl (C=O) groups excluding carboxylic acids is 1. The van der Waals surface area contributed by atoms with Crippen molar-refractivity contribution in [3.8, 4) is 11.5 Å². The first-order valence-corrected chi connectivity index (χ1v) is 5.78. The highest BCUT2D eigenvalue weighted by Gasteiger charge is 2.15. The molecule has 0 heterocycles. The minimum atomic E-state index is -1.30. The van der Waals surface area contributed by atoms with Gasteiger partial charge in [-0.2, -0.15) is 0 Å². The van der Waals surface area contributed by atoms with Gasteiger partial charge in [-0.25, -0.2) is 9.18 Å². The summed E-state index contributed by atoms with van der Waals surface area (Å²) in [6.07, 6.45) is 0. The van der Waals surface area contributed by atoms with Gasteiger partial charge in [-0.3, -0.25) is 4.79 Å². The number of carbonyl (C=O) groups is 2. The molecular weight excluding hydrogens is 279 g/mol. The zero-order chi connectivity index (χ0) is 15.6. The quantitative estimate of drug-likeness (QED) is 0.745. The Labute approximate surface area is 118 Å². The average molecular weight is 290 g/mol. The van der Waals surface area contributed by atoms with E-state index in [1.54, 1.807) is 0 Å². The highest BCUT2D eigenvalue weighted by molar-refractivity contribution is 5.94. The lowest BCUT2D eigenvalue weighted by Crippen LogP contribution is -2.10. The van der Waals surface area contributed by atoms with Gasteiger partial charge in [0.25, 0.3) is 0 Å². The van der Waals surface area contributed by atoms with E-state index in [4.69, 9.17) is 21.3 Å². The molecule has 0 aliphatic carbocycles. The summed E-state index contributed by atoms with van der Waals surface area (Å²) in [5.74, 6) is -2.95. The Hall–Kier alpha value is -3.09. The molecule has 0 spiro atoms. The van der Waals surface area contributed by atoms with Crippen LogP contribution >= 0.6 is 0 Å². The van der Waals surface area contributed by atoms with E-state index in [0.29, 0.717) is 0 Å². The SMILES string of the molecule is NC(=O)c1cccc(Oc2cc(C(=O)O)c(N)cc2F)c1. The Morgan fingerprint density at radius 2 is 1.90 bits per heavy atom. The normalized spacial score (nSPS) is 10.1. The maximum absolute atomic E-state index is 13.7. The Kier molecular flexibility index (Phi) is 3.75. The molecule has 108 valence electrons. The summed E-state index contributed by atoms with van der Waals surface area (Å²) in [5, 5.41) is 8.94. The van der Waals surface area contributed by atoms with E-state index in [-0.39, 0.29) is 28.3 Å². The monoisotopic (exact) mass is 290 g/mol. The highest BCUT2D eigenvalue weighted by Crippen LogP contribution is 2.29. The number of halogens is 1. The number of nitrogen functional groups attached to an aromatic ring is 1. The van der Waals surface area contributed by atoms with E-state index >= 15 is 0 Å². The van der Waals surface area contributed by atoms with Gasteiger partial charge in [-0.05, 0) is 18.2 Å². The second-order valence-electron chi connectivity index (χ2n) is 4.17. The van der Waals surface area contributed by atoms with Gasteiger partial charge in [0.2, 0.25) is 5.91 Å². The van der Waals surface area contributed by atoms with Gasteiger partial charge in [0.15, 0.2) is 11.6 Å². The molecule has 1 amide bonds. The molecule has 0 unspecified atom stereocenters. The predicted octanol–water partition coefficient (Wildman–Crippen LogP) is 2.00. The van der Waals surface area contributed by atoms with Gasteiger partial charge in [-0.15, -0.1) is 0 Å². The summed E-state index contributed by atoms with van der Waals surface area (Å²) >= 11 is 0. The van der Waals surface area contributed by atoms with Crippen LogP contribution in [0.15, 0.2) is 36.4 Å². The molecule has 2 rings (SSSR count). The van der Waals surface area contributed by atoms with Gasteiger partial charge >= 0.3 is 5.97 Å². The first-order chi connectivity index (χ1) is 9.88. The largest absolute Gasteiger partial charge is 0.478 e. The van der Waals surface area contributed by atoms with E-state index in [1.165, 1.54) is 24.3 Å². The minimum absolute atomic E-state index is 0.145. The van der Waals surface area contributed by atoms with Crippen LogP contribution in [0.3, 0.4) is 0 Å². The third kappa shape index (κ3) is 3.08. The van der Waals surface area contributed by atoms with Gasteiger partial charge in [-0.1, -0.05) is 6.07 Å². The van der Waals surface area contributed by atoms with Gasteiger partial charge in [0.05, 0.1) is 5.56 Å². The molecule has 0 aliphatic rings. The van der Waals surface area contributed by atoms with Crippen LogP contribution in [-0.2, 0) is 0 Å². The van der Waals surface area contributed by atoms with Gasteiger partial charge in [0, 0.05) is 23.4 Å². The fourth-order valence-corrected chi connectivity index (χ4v) is 1.67. The number of carboxylic acid groups (broad SMARTS) is 1. The van der Waals surface area contributed by atoms with E-state index in [0.717, 1.165) is 12.1 Å². The molecule has 0 atom stereocenters. The second kappa shape index (κ2) is 5.49. The molecule has 6 nitrogen and oxygen atoms in total. The molecule has 2 aromatic carbocycles. The first-order valence-electron chi connectivity index (χ1n) is 5.78. The number of aromatic carboxylic acids is 1. The van der Waals surface area contributed by atoms with Crippen molar-refractivity contribution in [3.05, 3.63) is 53.3 Å². The smallest absolute Gasteiger partial charge is 0.337 e. The molecule has 0 aromatic heterocycles. The molecule has 0 bridgehead atoms. The van der Waals surface area contributed by atoms with Crippen molar-refractivity contribution in [2.24, 2.45) is 5.73 Å². The topological polar surface area (TPSA) is 116 Å². The van der Waals surface area contributed by atoms with E-state index in [9.17, 15) is 14.0 Å². The number of hydrogen-bond acceptors (Lipinski definition) is 4. The van der Waals surface area contributed by atoms with Crippen molar-refractivity contribution in [1.82, 2.24) is 0 Å². The molecule has 0 aliphatic heterocycles. The van der Waals surface area contributed by atoms with E-state index < -0.39 is 17.7 Å². The van der Waals surface area contributed by atoms with Crippen LogP contribution in [0, 0.1) is 5.82 Å². The van der Waals surface area contributed by atoms with Crippen molar-refractivity contribution in [1.29, 1.82) is 0 Å². The average Bonchev–Trinajstić information content (AvgIpc) is 2.41. The van der Waals surface area contributed by atoms with Crippen molar-refractivity contribution in [2.45, 2.75) is 0 Å². The van der Waals surface area contributed by atoms with Gasteiger partial charge < -0.3 is 21.3 Å². The Morgan fingerprint density at radius 3 is 2.52 bits per heavy atom. The fourth-order valence-electron chi connectivity index (χ4n) is 1.67. The number of amides is 1. The van der Waals surface area contributed by atoms with Crippen LogP contribution < -0.4 is 16.2 Å².